The summed E-state index contributed by atoms with van der Waals surface area (Å²) in [6.07, 6.45) is -3.18. The van der Waals surface area contributed by atoms with Crippen molar-refractivity contribution in [1.82, 2.24) is 10.2 Å². The fourth-order valence-electron chi connectivity index (χ4n) is 1.25. The van der Waals surface area contributed by atoms with Gasteiger partial charge in [0.15, 0.2) is 0 Å². The maximum Gasteiger partial charge on any atom is 0.417 e. The number of alkyl halides is 3. The second-order valence-electron chi connectivity index (χ2n) is 2.78. The normalized spacial score (nSPS) is 12.3. The van der Waals surface area contributed by atoms with Crippen LogP contribution in [0, 0.1) is 0 Å². The highest BCUT2D eigenvalue weighted by Crippen LogP contribution is 2.36. The molecule has 0 saturated heterocycles. The standard InChI is InChI=1S/C8H4BrF3N2/c9-4-1-6(8(10,11)12)5-3-13-14-7(5)2-4/h1-3H,(H,13,14). The Bertz CT molecular complexity index is 475. The molecule has 74 valence electrons. The Morgan fingerprint density at radius 3 is 2.64 bits per heavy atom. The van der Waals surface area contributed by atoms with Crippen LogP contribution in [0.4, 0.5) is 13.2 Å². The molecule has 1 aromatic carbocycles. The van der Waals surface area contributed by atoms with Gasteiger partial charge in [0.1, 0.15) is 0 Å². The minimum Gasteiger partial charge on any atom is -0.278 e. The van der Waals surface area contributed by atoms with Crippen LogP contribution < -0.4 is 0 Å². The van der Waals surface area contributed by atoms with Crippen molar-refractivity contribution in [3.8, 4) is 0 Å². The molecule has 0 spiro atoms. The highest BCUT2D eigenvalue weighted by molar-refractivity contribution is 9.10. The number of fused-ring (bicyclic) bond motifs is 1. The van der Waals surface area contributed by atoms with Gasteiger partial charge in [0.2, 0.25) is 0 Å². The minimum atomic E-state index is -4.36. The van der Waals surface area contributed by atoms with Crippen LogP contribution in [-0.2, 0) is 6.18 Å². The lowest BCUT2D eigenvalue weighted by atomic mass is 10.1. The van der Waals surface area contributed by atoms with Crippen LogP contribution in [0.5, 0.6) is 0 Å². The van der Waals surface area contributed by atoms with E-state index in [-0.39, 0.29) is 5.39 Å². The lowest BCUT2D eigenvalue weighted by Crippen LogP contribution is -2.05. The topological polar surface area (TPSA) is 28.7 Å². The van der Waals surface area contributed by atoms with E-state index < -0.39 is 11.7 Å². The van der Waals surface area contributed by atoms with Crippen LogP contribution in [-0.4, -0.2) is 10.2 Å². The summed E-state index contributed by atoms with van der Waals surface area (Å²) < 4.78 is 37.9. The van der Waals surface area contributed by atoms with Crippen molar-refractivity contribution in [1.29, 1.82) is 0 Å². The number of H-pyrrole nitrogens is 1. The van der Waals surface area contributed by atoms with Crippen molar-refractivity contribution >= 4 is 26.8 Å². The summed E-state index contributed by atoms with van der Waals surface area (Å²) in [4.78, 5) is 0. The van der Waals surface area contributed by atoms with E-state index in [1.165, 1.54) is 6.20 Å². The summed E-state index contributed by atoms with van der Waals surface area (Å²) in [5.74, 6) is 0. The van der Waals surface area contributed by atoms with E-state index in [1.54, 1.807) is 6.07 Å². The molecule has 2 rings (SSSR count). The highest BCUT2D eigenvalue weighted by atomic mass is 79.9. The number of nitrogens with zero attached hydrogens (tertiary/aromatic N) is 1. The van der Waals surface area contributed by atoms with Crippen LogP contribution in [0.25, 0.3) is 10.9 Å². The van der Waals surface area contributed by atoms with Crippen molar-refractivity contribution in [2.75, 3.05) is 0 Å². The van der Waals surface area contributed by atoms with Crippen LogP contribution in [0.3, 0.4) is 0 Å². The Labute approximate surface area is 85.2 Å². The first-order valence-corrected chi connectivity index (χ1v) is 4.47. The Balaban J connectivity index is 2.80. The average Bonchev–Trinajstić information content (AvgIpc) is 2.47. The number of benzene rings is 1. The molecule has 0 bridgehead atoms. The molecule has 0 radical (unpaired) electrons. The third-order valence-corrected chi connectivity index (χ3v) is 2.29. The molecule has 0 unspecified atom stereocenters. The van der Waals surface area contributed by atoms with E-state index in [9.17, 15) is 13.2 Å². The number of hydrogen-bond donors (Lipinski definition) is 1. The van der Waals surface area contributed by atoms with E-state index in [4.69, 9.17) is 0 Å². The molecule has 0 aliphatic rings. The van der Waals surface area contributed by atoms with Gasteiger partial charge in [0, 0.05) is 9.86 Å². The number of halogens is 4. The third kappa shape index (κ3) is 1.50. The second-order valence-corrected chi connectivity index (χ2v) is 3.70. The van der Waals surface area contributed by atoms with Crippen molar-refractivity contribution in [3.05, 3.63) is 28.4 Å². The van der Waals surface area contributed by atoms with Gasteiger partial charge in [-0.2, -0.15) is 18.3 Å². The van der Waals surface area contributed by atoms with E-state index in [0.717, 1.165) is 6.07 Å². The zero-order chi connectivity index (χ0) is 10.3. The summed E-state index contributed by atoms with van der Waals surface area (Å²) in [6.45, 7) is 0. The van der Waals surface area contributed by atoms with Gasteiger partial charge in [-0.25, -0.2) is 0 Å². The molecule has 2 nitrogen and oxygen atoms in total. The molecule has 0 aliphatic heterocycles. The molecular weight excluding hydrogens is 261 g/mol. The van der Waals surface area contributed by atoms with Crippen LogP contribution in [0.1, 0.15) is 5.56 Å². The van der Waals surface area contributed by atoms with Gasteiger partial charge < -0.3 is 0 Å². The summed E-state index contributed by atoms with van der Waals surface area (Å²) in [5.41, 5.74) is -0.317. The first kappa shape index (κ1) is 9.51. The predicted molar refractivity (Wildman–Crippen MR) is 48.8 cm³/mol. The van der Waals surface area contributed by atoms with Gasteiger partial charge >= 0.3 is 6.18 Å². The van der Waals surface area contributed by atoms with Crippen molar-refractivity contribution in [2.45, 2.75) is 6.18 Å². The smallest absolute Gasteiger partial charge is 0.278 e. The van der Waals surface area contributed by atoms with Crippen LogP contribution in [0.15, 0.2) is 22.8 Å². The zero-order valence-corrected chi connectivity index (χ0v) is 8.28. The second kappa shape index (κ2) is 2.98. The van der Waals surface area contributed by atoms with Gasteiger partial charge in [0.05, 0.1) is 17.3 Å². The predicted octanol–water partition coefficient (Wildman–Crippen LogP) is 3.34. The summed E-state index contributed by atoms with van der Waals surface area (Å²) in [5, 5.41) is 6.15. The molecule has 14 heavy (non-hydrogen) atoms. The van der Waals surface area contributed by atoms with Gasteiger partial charge in [-0.05, 0) is 12.1 Å². The molecule has 0 fully saturated rings. The Kier molecular flexibility index (Phi) is 2.02. The number of aromatic nitrogens is 2. The Morgan fingerprint density at radius 1 is 1.29 bits per heavy atom. The molecule has 2 aromatic rings. The number of aromatic amines is 1. The van der Waals surface area contributed by atoms with E-state index in [0.29, 0.717) is 9.99 Å². The Morgan fingerprint density at radius 2 is 2.00 bits per heavy atom. The SMILES string of the molecule is FC(F)(F)c1cc(Br)cc2[nH]ncc12. The summed E-state index contributed by atoms with van der Waals surface area (Å²) >= 11 is 3.01. The third-order valence-electron chi connectivity index (χ3n) is 1.83. The average molecular weight is 265 g/mol. The lowest BCUT2D eigenvalue weighted by Gasteiger charge is -2.07. The van der Waals surface area contributed by atoms with Crippen LogP contribution in [0.2, 0.25) is 0 Å². The van der Waals surface area contributed by atoms with E-state index in [1.807, 2.05) is 0 Å². The van der Waals surface area contributed by atoms with Gasteiger partial charge in [-0.15, -0.1) is 0 Å². The van der Waals surface area contributed by atoms with Crippen LogP contribution >= 0.6 is 15.9 Å². The molecular formula is C8H4BrF3N2. The zero-order valence-electron chi connectivity index (χ0n) is 6.69. The molecule has 6 heteroatoms. The Hall–Kier alpha value is -1.04. The quantitative estimate of drug-likeness (QED) is 0.777. The van der Waals surface area contributed by atoms with Crippen molar-refractivity contribution < 1.29 is 13.2 Å². The van der Waals surface area contributed by atoms with E-state index in [2.05, 4.69) is 26.1 Å². The summed E-state index contributed by atoms with van der Waals surface area (Å²) in [7, 11) is 0. The van der Waals surface area contributed by atoms with Gasteiger partial charge in [-0.3, -0.25) is 5.10 Å². The first-order chi connectivity index (χ1) is 6.48. The first-order valence-electron chi connectivity index (χ1n) is 3.68. The minimum absolute atomic E-state index is 0.0840. The maximum atomic E-state index is 12.5. The molecule has 0 saturated carbocycles. The number of rotatable bonds is 0. The lowest BCUT2D eigenvalue weighted by molar-refractivity contribution is -0.136. The summed E-state index contributed by atoms with van der Waals surface area (Å²) in [6, 6.07) is 2.59. The monoisotopic (exact) mass is 264 g/mol. The molecule has 0 atom stereocenters. The molecule has 1 heterocycles. The fraction of sp³-hybridized carbons (Fsp3) is 0.125. The number of hydrogen-bond acceptors (Lipinski definition) is 1. The van der Waals surface area contributed by atoms with Crippen molar-refractivity contribution in [2.24, 2.45) is 0 Å². The molecule has 1 N–H and O–H groups in total. The number of nitrogens with one attached hydrogen (secondary N) is 1. The molecule has 0 amide bonds. The highest BCUT2D eigenvalue weighted by Gasteiger charge is 2.33. The van der Waals surface area contributed by atoms with Gasteiger partial charge in [0.25, 0.3) is 0 Å². The van der Waals surface area contributed by atoms with Gasteiger partial charge in [-0.1, -0.05) is 15.9 Å². The van der Waals surface area contributed by atoms with E-state index >= 15 is 0 Å². The fourth-order valence-corrected chi connectivity index (χ4v) is 1.71. The maximum absolute atomic E-state index is 12.5. The molecule has 0 aliphatic carbocycles. The van der Waals surface area contributed by atoms with Crippen molar-refractivity contribution in [3.63, 3.8) is 0 Å². The largest absolute Gasteiger partial charge is 0.417 e. The molecule has 1 aromatic heterocycles.